The zero-order chi connectivity index (χ0) is 13.1. The van der Waals surface area contributed by atoms with Gasteiger partial charge in [0.15, 0.2) is 5.13 Å². The number of methoxy groups -OCH3 is 1. The van der Waals surface area contributed by atoms with Crippen LogP contribution in [0.5, 0.6) is 5.75 Å². The fraction of sp³-hybridized carbons (Fsp3) is 0.231. The fourth-order valence-electron chi connectivity index (χ4n) is 1.70. The number of benzene rings is 1. The molecular weight excluding hydrogens is 248 g/mol. The summed E-state index contributed by atoms with van der Waals surface area (Å²) in [7, 11) is 1.62. The summed E-state index contributed by atoms with van der Waals surface area (Å²) in [5.74, 6) is 0.645. The number of anilines is 1. The lowest BCUT2D eigenvalue weighted by molar-refractivity contribution is 0.102. The third-order valence-electron chi connectivity index (χ3n) is 2.64. The highest BCUT2D eigenvalue weighted by Crippen LogP contribution is 2.23. The number of hydrogen-bond acceptors (Lipinski definition) is 4. The van der Waals surface area contributed by atoms with E-state index < -0.39 is 0 Å². The van der Waals surface area contributed by atoms with Gasteiger partial charge in [-0.05, 0) is 37.1 Å². The predicted octanol–water partition coefficient (Wildman–Crippen LogP) is 3.02. The van der Waals surface area contributed by atoms with Gasteiger partial charge in [0.1, 0.15) is 5.75 Å². The normalized spacial score (nSPS) is 10.2. The maximum Gasteiger partial charge on any atom is 0.257 e. The third kappa shape index (κ3) is 2.51. The Bertz CT molecular complexity index is 565. The minimum Gasteiger partial charge on any atom is -0.496 e. The van der Waals surface area contributed by atoms with E-state index in [1.54, 1.807) is 13.3 Å². The lowest BCUT2D eigenvalue weighted by Crippen LogP contribution is -2.13. The summed E-state index contributed by atoms with van der Waals surface area (Å²) in [5.41, 5.74) is 2.46. The quantitative estimate of drug-likeness (QED) is 0.925. The largest absolute Gasteiger partial charge is 0.496 e. The molecule has 18 heavy (non-hydrogen) atoms. The van der Waals surface area contributed by atoms with Crippen molar-refractivity contribution in [2.75, 3.05) is 12.4 Å². The van der Waals surface area contributed by atoms with Crippen LogP contribution in [-0.2, 0) is 0 Å². The number of aryl methyl sites for hydroxylation is 2. The number of rotatable bonds is 3. The molecule has 1 amide bonds. The molecule has 0 saturated heterocycles. The number of thiazole rings is 1. The number of hydrogen-bond donors (Lipinski definition) is 1. The average Bonchev–Trinajstić information content (AvgIpc) is 2.84. The van der Waals surface area contributed by atoms with Crippen LogP contribution in [0, 0.1) is 13.8 Å². The summed E-state index contributed by atoms with van der Waals surface area (Å²) in [6.07, 6.45) is 1.66. The molecule has 4 nitrogen and oxygen atoms in total. The van der Waals surface area contributed by atoms with Crippen molar-refractivity contribution in [2.45, 2.75) is 13.8 Å². The molecule has 1 heterocycles. The van der Waals surface area contributed by atoms with Crippen LogP contribution in [0.2, 0.25) is 0 Å². The molecule has 0 unspecified atom stereocenters. The van der Waals surface area contributed by atoms with Crippen LogP contribution in [0.15, 0.2) is 23.7 Å². The van der Waals surface area contributed by atoms with E-state index in [0.29, 0.717) is 10.7 Å². The van der Waals surface area contributed by atoms with Gasteiger partial charge in [-0.1, -0.05) is 0 Å². The molecule has 1 aromatic heterocycles. The molecular formula is C13H14N2O2S. The van der Waals surface area contributed by atoms with Gasteiger partial charge < -0.3 is 4.74 Å². The number of carbonyl (C=O) groups is 1. The lowest BCUT2D eigenvalue weighted by Gasteiger charge is -2.10. The van der Waals surface area contributed by atoms with Gasteiger partial charge in [0.25, 0.3) is 5.91 Å². The Hall–Kier alpha value is -1.88. The highest BCUT2D eigenvalue weighted by Gasteiger charge is 2.13. The van der Waals surface area contributed by atoms with Crippen molar-refractivity contribution < 1.29 is 9.53 Å². The second-order valence-electron chi connectivity index (χ2n) is 3.93. The average molecular weight is 262 g/mol. The van der Waals surface area contributed by atoms with E-state index >= 15 is 0 Å². The molecule has 2 rings (SSSR count). The molecule has 1 N–H and O–H groups in total. The van der Waals surface area contributed by atoms with E-state index in [0.717, 1.165) is 16.9 Å². The fourth-order valence-corrected chi connectivity index (χ4v) is 2.23. The Morgan fingerprint density at radius 2 is 2.11 bits per heavy atom. The van der Waals surface area contributed by atoms with Gasteiger partial charge in [-0.3, -0.25) is 10.1 Å². The van der Waals surface area contributed by atoms with Crippen LogP contribution in [0.1, 0.15) is 21.5 Å². The van der Waals surface area contributed by atoms with Gasteiger partial charge in [-0.2, -0.15) is 0 Å². The molecule has 5 heteroatoms. The first-order valence-corrected chi connectivity index (χ1v) is 6.36. The first kappa shape index (κ1) is 12.6. The van der Waals surface area contributed by atoms with Crippen molar-refractivity contribution in [3.05, 3.63) is 40.4 Å². The van der Waals surface area contributed by atoms with Gasteiger partial charge in [-0.15, -0.1) is 11.3 Å². The highest BCUT2D eigenvalue weighted by atomic mass is 32.1. The third-order valence-corrected chi connectivity index (χ3v) is 3.33. The number of ether oxygens (including phenoxy) is 1. The second-order valence-corrected chi connectivity index (χ2v) is 4.82. The van der Waals surface area contributed by atoms with E-state index in [1.165, 1.54) is 11.3 Å². The molecule has 0 aliphatic heterocycles. The van der Waals surface area contributed by atoms with Crippen LogP contribution < -0.4 is 10.1 Å². The molecule has 0 radical (unpaired) electrons. The maximum absolute atomic E-state index is 12.1. The monoisotopic (exact) mass is 262 g/mol. The van der Waals surface area contributed by atoms with Crippen molar-refractivity contribution >= 4 is 22.4 Å². The Kier molecular flexibility index (Phi) is 3.62. The van der Waals surface area contributed by atoms with Crippen LogP contribution >= 0.6 is 11.3 Å². The topological polar surface area (TPSA) is 51.2 Å². The number of nitrogens with one attached hydrogen (secondary N) is 1. The van der Waals surface area contributed by atoms with Crippen molar-refractivity contribution in [2.24, 2.45) is 0 Å². The predicted molar refractivity (Wildman–Crippen MR) is 72.5 cm³/mol. The zero-order valence-electron chi connectivity index (χ0n) is 10.5. The molecule has 0 bridgehead atoms. The molecule has 0 fully saturated rings. The van der Waals surface area contributed by atoms with Crippen molar-refractivity contribution in [3.63, 3.8) is 0 Å². The Morgan fingerprint density at radius 3 is 2.72 bits per heavy atom. The zero-order valence-corrected chi connectivity index (χ0v) is 11.3. The summed E-state index contributed by atoms with van der Waals surface area (Å²) in [6.45, 7) is 3.80. The summed E-state index contributed by atoms with van der Waals surface area (Å²) in [6, 6.07) is 3.70. The van der Waals surface area contributed by atoms with Crippen molar-refractivity contribution in [1.82, 2.24) is 4.98 Å². The molecule has 0 aliphatic rings. The molecule has 0 atom stereocenters. The summed E-state index contributed by atoms with van der Waals surface area (Å²) >= 11 is 1.40. The van der Waals surface area contributed by atoms with Gasteiger partial charge in [-0.25, -0.2) is 4.98 Å². The number of nitrogens with zero attached hydrogens (tertiary/aromatic N) is 1. The molecule has 1 aromatic carbocycles. The van der Waals surface area contributed by atoms with E-state index in [4.69, 9.17) is 4.74 Å². The molecule has 0 aliphatic carbocycles. The van der Waals surface area contributed by atoms with Crippen LogP contribution in [0.25, 0.3) is 0 Å². The smallest absolute Gasteiger partial charge is 0.257 e. The van der Waals surface area contributed by atoms with Crippen LogP contribution in [0.3, 0.4) is 0 Å². The molecule has 0 saturated carbocycles. The number of aromatic nitrogens is 1. The Balaban J connectivity index is 2.28. The highest BCUT2D eigenvalue weighted by molar-refractivity contribution is 7.13. The van der Waals surface area contributed by atoms with Crippen molar-refractivity contribution in [1.29, 1.82) is 0 Å². The van der Waals surface area contributed by atoms with E-state index in [1.807, 2.05) is 31.4 Å². The van der Waals surface area contributed by atoms with E-state index in [9.17, 15) is 4.79 Å². The van der Waals surface area contributed by atoms with Crippen molar-refractivity contribution in [3.8, 4) is 5.75 Å². The first-order valence-electron chi connectivity index (χ1n) is 5.48. The summed E-state index contributed by atoms with van der Waals surface area (Å²) in [4.78, 5) is 16.1. The Morgan fingerprint density at radius 1 is 1.33 bits per heavy atom. The minimum absolute atomic E-state index is 0.145. The standard InChI is InChI=1S/C13H14N2O2S/c1-8-7-11(17-3)9(2)6-10(8)12(16)15-13-14-4-5-18-13/h4-7H,1-3H3,(H,14,15,16). The van der Waals surface area contributed by atoms with E-state index in [-0.39, 0.29) is 5.91 Å². The number of amides is 1. The SMILES string of the molecule is COc1cc(C)c(C(=O)Nc2nccs2)cc1C. The van der Waals surface area contributed by atoms with Gasteiger partial charge in [0, 0.05) is 17.1 Å². The minimum atomic E-state index is -0.145. The molecule has 94 valence electrons. The maximum atomic E-state index is 12.1. The summed E-state index contributed by atoms with van der Waals surface area (Å²) < 4.78 is 5.22. The first-order chi connectivity index (χ1) is 8.61. The van der Waals surface area contributed by atoms with Gasteiger partial charge >= 0.3 is 0 Å². The molecule has 2 aromatic rings. The Labute approximate surface area is 110 Å². The van der Waals surface area contributed by atoms with Gasteiger partial charge in [0.05, 0.1) is 7.11 Å². The number of carbonyl (C=O) groups excluding carboxylic acids is 1. The van der Waals surface area contributed by atoms with Gasteiger partial charge in [0.2, 0.25) is 0 Å². The van der Waals surface area contributed by atoms with E-state index in [2.05, 4.69) is 10.3 Å². The molecule has 0 spiro atoms. The van der Waals surface area contributed by atoms with Crippen LogP contribution in [0.4, 0.5) is 5.13 Å². The summed E-state index contributed by atoms with van der Waals surface area (Å²) in [5, 5.41) is 5.20. The lowest BCUT2D eigenvalue weighted by atomic mass is 10.0. The second kappa shape index (κ2) is 5.18. The van der Waals surface area contributed by atoms with Crippen LogP contribution in [-0.4, -0.2) is 18.0 Å².